The van der Waals surface area contributed by atoms with Crippen LogP contribution >= 0.6 is 0 Å². The number of benzene rings is 1. The first kappa shape index (κ1) is 19.4. The number of nitrogens with one attached hydrogen (secondary N) is 1. The van der Waals surface area contributed by atoms with E-state index < -0.39 is 0 Å². The van der Waals surface area contributed by atoms with Crippen LogP contribution in [0.25, 0.3) is 0 Å². The van der Waals surface area contributed by atoms with Crippen molar-refractivity contribution in [2.75, 3.05) is 13.2 Å². The molecule has 2 rings (SSSR count). The molecule has 0 fully saturated rings. The van der Waals surface area contributed by atoms with Crippen molar-refractivity contribution in [1.82, 2.24) is 10.4 Å². The number of aromatic nitrogens is 1. The lowest BCUT2D eigenvalue weighted by molar-refractivity contribution is 0.0954. The molecule has 0 radical (unpaired) electrons. The number of hydrogen-bond acceptors (Lipinski definition) is 5. The summed E-state index contributed by atoms with van der Waals surface area (Å²) in [5.41, 5.74) is 4.54. The lowest BCUT2D eigenvalue weighted by Crippen LogP contribution is -2.19. The van der Waals surface area contributed by atoms with Crippen molar-refractivity contribution in [2.45, 2.75) is 33.6 Å². The minimum absolute atomic E-state index is 0.286. The molecular weight excluding hydrogens is 330 g/mol. The summed E-state index contributed by atoms with van der Waals surface area (Å²) >= 11 is 0. The smallest absolute Gasteiger partial charge is 0.271 e. The molecule has 0 aliphatic heterocycles. The molecule has 0 bridgehead atoms. The van der Waals surface area contributed by atoms with Gasteiger partial charge in [0.1, 0.15) is 11.5 Å². The van der Waals surface area contributed by atoms with Crippen molar-refractivity contribution in [1.29, 1.82) is 0 Å². The highest BCUT2D eigenvalue weighted by molar-refractivity contribution is 6.02. The first-order valence-electron chi connectivity index (χ1n) is 8.80. The van der Waals surface area contributed by atoms with Crippen molar-refractivity contribution < 1.29 is 14.3 Å². The van der Waals surface area contributed by atoms with E-state index in [9.17, 15) is 4.79 Å². The molecule has 0 atom stereocenters. The van der Waals surface area contributed by atoms with E-state index in [2.05, 4.69) is 22.4 Å². The summed E-state index contributed by atoms with van der Waals surface area (Å²) in [5, 5.41) is 4.21. The first-order valence-corrected chi connectivity index (χ1v) is 8.80. The van der Waals surface area contributed by atoms with Crippen LogP contribution in [0, 0.1) is 0 Å². The topological polar surface area (TPSA) is 72.8 Å². The van der Waals surface area contributed by atoms with Gasteiger partial charge in [-0.25, -0.2) is 5.43 Å². The summed E-state index contributed by atoms with van der Waals surface area (Å²) in [6.45, 7) is 7.19. The van der Waals surface area contributed by atoms with Gasteiger partial charge in [-0.3, -0.25) is 9.78 Å². The van der Waals surface area contributed by atoms with Gasteiger partial charge in [-0.2, -0.15) is 5.10 Å². The van der Waals surface area contributed by atoms with Crippen molar-refractivity contribution in [2.24, 2.45) is 5.10 Å². The SMILES string of the molecule is CCCOc1ccc(/C(C)=N\NC(=O)c2ccncc2)c(OCCC)c1. The van der Waals surface area contributed by atoms with Gasteiger partial charge in [0, 0.05) is 29.6 Å². The molecule has 0 aliphatic rings. The maximum atomic E-state index is 12.1. The maximum absolute atomic E-state index is 12.1. The number of amides is 1. The Hall–Kier alpha value is -2.89. The van der Waals surface area contributed by atoms with Crippen LogP contribution in [0.15, 0.2) is 47.8 Å². The van der Waals surface area contributed by atoms with Crippen molar-refractivity contribution >= 4 is 11.6 Å². The van der Waals surface area contributed by atoms with E-state index in [0.717, 1.165) is 24.2 Å². The zero-order valence-corrected chi connectivity index (χ0v) is 15.5. The Bertz CT molecular complexity index is 745. The lowest BCUT2D eigenvalue weighted by Gasteiger charge is -2.13. The van der Waals surface area contributed by atoms with Crippen LogP contribution in [0.4, 0.5) is 0 Å². The normalized spacial score (nSPS) is 11.1. The Kier molecular flexibility index (Phi) is 7.61. The highest BCUT2D eigenvalue weighted by atomic mass is 16.5. The monoisotopic (exact) mass is 355 g/mol. The maximum Gasteiger partial charge on any atom is 0.271 e. The Morgan fingerprint density at radius 1 is 1.08 bits per heavy atom. The van der Waals surface area contributed by atoms with Crippen molar-refractivity contribution in [3.8, 4) is 11.5 Å². The lowest BCUT2D eigenvalue weighted by atomic mass is 10.1. The zero-order chi connectivity index (χ0) is 18.8. The van der Waals surface area contributed by atoms with Gasteiger partial charge in [0.15, 0.2) is 0 Å². The van der Waals surface area contributed by atoms with Gasteiger partial charge in [0.2, 0.25) is 0 Å². The quantitative estimate of drug-likeness (QED) is 0.548. The van der Waals surface area contributed by atoms with E-state index in [0.29, 0.717) is 30.2 Å². The van der Waals surface area contributed by atoms with Crippen LogP contribution < -0.4 is 14.9 Å². The average molecular weight is 355 g/mol. The summed E-state index contributed by atoms with van der Waals surface area (Å²) in [6.07, 6.45) is 4.97. The van der Waals surface area contributed by atoms with Gasteiger partial charge in [0.05, 0.1) is 18.9 Å². The summed E-state index contributed by atoms with van der Waals surface area (Å²) in [6, 6.07) is 8.91. The first-order chi connectivity index (χ1) is 12.7. The summed E-state index contributed by atoms with van der Waals surface area (Å²) < 4.78 is 11.5. The number of carbonyl (C=O) groups is 1. The van der Waals surface area contributed by atoms with Crippen molar-refractivity contribution in [3.05, 3.63) is 53.9 Å². The standard InChI is InChI=1S/C20H25N3O3/c1-4-12-25-17-6-7-18(19(14-17)26-13-5-2)15(3)22-23-20(24)16-8-10-21-11-9-16/h6-11,14H,4-5,12-13H2,1-3H3,(H,23,24)/b22-15-. The number of hydrogen-bond donors (Lipinski definition) is 1. The second-order valence-corrected chi connectivity index (χ2v) is 5.73. The predicted octanol–water partition coefficient (Wildman–Crippen LogP) is 3.81. The van der Waals surface area contributed by atoms with Crippen LogP contribution in [-0.2, 0) is 0 Å². The van der Waals surface area contributed by atoms with Crippen LogP contribution in [0.5, 0.6) is 11.5 Å². The van der Waals surface area contributed by atoms with E-state index in [4.69, 9.17) is 9.47 Å². The molecule has 26 heavy (non-hydrogen) atoms. The average Bonchev–Trinajstić information content (AvgIpc) is 2.69. The van der Waals surface area contributed by atoms with Crippen LogP contribution in [-0.4, -0.2) is 29.8 Å². The van der Waals surface area contributed by atoms with Crippen LogP contribution in [0.1, 0.15) is 49.5 Å². The summed E-state index contributed by atoms with van der Waals surface area (Å²) in [5.74, 6) is 1.17. The third-order valence-corrected chi connectivity index (χ3v) is 3.55. The number of pyridine rings is 1. The molecule has 6 heteroatoms. The van der Waals surface area contributed by atoms with Gasteiger partial charge < -0.3 is 9.47 Å². The summed E-state index contributed by atoms with van der Waals surface area (Å²) in [4.78, 5) is 16.0. The molecule has 0 saturated carbocycles. The molecule has 0 saturated heterocycles. The Morgan fingerprint density at radius 3 is 2.46 bits per heavy atom. The Balaban J connectivity index is 2.17. The minimum atomic E-state index is -0.286. The van der Waals surface area contributed by atoms with E-state index in [-0.39, 0.29) is 5.91 Å². The fraction of sp³-hybridized carbons (Fsp3) is 0.350. The molecule has 0 spiro atoms. The van der Waals surface area contributed by atoms with Gasteiger partial charge in [0.25, 0.3) is 5.91 Å². The van der Waals surface area contributed by atoms with Gasteiger partial charge >= 0.3 is 0 Å². The van der Waals surface area contributed by atoms with Crippen LogP contribution in [0.2, 0.25) is 0 Å². The molecule has 138 valence electrons. The number of hydrazone groups is 1. The molecule has 0 aliphatic carbocycles. The number of rotatable bonds is 9. The molecule has 0 unspecified atom stereocenters. The van der Waals surface area contributed by atoms with Gasteiger partial charge in [-0.05, 0) is 44.0 Å². The third-order valence-electron chi connectivity index (χ3n) is 3.55. The fourth-order valence-corrected chi connectivity index (χ4v) is 2.21. The second kappa shape index (κ2) is 10.2. The highest BCUT2D eigenvalue weighted by Crippen LogP contribution is 2.26. The van der Waals surface area contributed by atoms with Crippen molar-refractivity contribution in [3.63, 3.8) is 0 Å². The minimum Gasteiger partial charge on any atom is -0.493 e. The zero-order valence-electron chi connectivity index (χ0n) is 15.5. The molecule has 1 aromatic carbocycles. The predicted molar refractivity (Wildman–Crippen MR) is 102 cm³/mol. The summed E-state index contributed by atoms with van der Waals surface area (Å²) in [7, 11) is 0. The molecule has 1 aromatic heterocycles. The number of carbonyl (C=O) groups excluding carboxylic acids is 1. The van der Waals surface area contributed by atoms with E-state index in [1.165, 1.54) is 0 Å². The van der Waals surface area contributed by atoms with E-state index in [1.54, 1.807) is 24.5 Å². The largest absolute Gasteiger partial charge is 0.493 e. The van der Waals surface area contributed by atoms with E-state index in [1.807, 2.05) is 32.0 Å². The number of nitrogens with zero attached hydrogens (tertiary/aromatic N) is 2. The Labute approximate surface area is 154 Å². The third kappa shape index (κ3) is 5.58. The van der Waals surface area contributed by atoms with Gasteiger partial charge in [-0.1, -0.05) is 13.8 Å². The fourth-order valence-electron chi connectivity index (χ4n) is 2.21. The molecule has 1 heterocycles. The van der Waals surface area contributed by atoms with Crippen LogP contribution in [0.3, 0.4) is 0 Å². The molecular formula is C20H25N3O3. The van der Waals surface area contributed by atoms with Gasteiger partial charge in [-0.15, -0.1) is 0 Å². The molecule has 1 N–H and O–H groups in total. The Morgan fingerprint density at radius 2 is 1.77 bits per heavy atom. The number of ether oxygens (including phenoxy) is 2. The molecule has 1 amide bonds. The molecule has 2 aromatic rings. The molecule has 6 nitrogen and oxygen atoms in total. The van der Waals surface area contributed by atoms with E-state index >= 15 is 0 Å². The highest BCUT2D eigenvalue weighted by Gasteiger charge is 2.10. The second-order valence-electron chi connectivity index (χ2n) is 5.73.